The van der Waals surface area contributed by atoms with Crippen LogP contribution in [-0.4, -0.2) is 37.9 Å². The van der Waals surface area contributed by atoms with E-state index in [1.807, 2.05) is 20.8 Å². The van der Waals surface area contributed by atoms with Crippen LogP contribution in [0.3, 0.4) is 0 Å². The van der Waals surface area contributed by atoms with Crippen molar-refractivity contribution in [3.05, 3.63) is 0 Å². The van der Waals surface area contributed by atoms with Gasteiger partial charge in [-0.25, -0.2) is 0 Å². The van der Waals surface area contributed by atoms with Crippen LogP contribution >= 0.6 is 0 Å². The molecule has 108 valence electrons. The molecular formula is C12H27N3O2S. The van der Waals surface area contributed by atoms with E-state index in [2.05, 4.69) is 4.72 Å². The summed E-state index contributed by atoms with van der Waals surface area (Å²) < 4.78 is 29.2. The minimum Gasteiger partial charge on any atom is -0.329 e. The second-order valence-corrected chi connectivity index (χ2v) is 7.03. The van der Waals surface area contributed by atoms with Gasteiger partial charge in [-0.15, -0.1) is 0 Å². The summed E-state index contributed by atoms with van der Waals surface area (Å²) in [4.78, 5) is 0. The van der Waals surface area contributed by atoms with E-state index in [0.717, 1.165) is 25.7 Å². The first kappa shape index (κ1) is 15.9. The van der Waals surface area contributed by atoms with Crippen molar-refractivity contribution in [3.63, 3.8) is 0 Å². The normalized spacial score (nSPS) is 24.4. The average molecular weight is 277 g/mol. The minimum absolute atomic E-state index is 0.00430. The van der Waals surface area contributed by atoms with Gasteiger partial charge < -0.3 is 5.73 Å². The maximum atomic E-state index is 12.4. The number of nitrogens with zero attached hydrogens (tertiary/aromatic N) is 1. The molecule has 1 saturated heterocycles. The molecule has 0 bridgehead atoms. The van der Waals surface area contributed by atoms with Crippen molar-refractivity contribution in [1.82, 2.24) is 9.03 Å². The fourth-order valence-electron chi connectivity index (χ4n) is 2.48. The Hall–Kier alpha value is -0.170. The predicted molar refractivity (Wildman–Crippen MR) is 74.4 cm³/mol. The largest absolute Gasteiger partial charge is 0.329 e. The summed E-state index contributed by atoms with van der Waals surface area (Å²) in [6.45, 7) is 7.07. The van der Waals surface area contributed by atoms with Gasteiger partial charge in [0.15, 0.2) is 0 Å². The third-order valence-electron chi connectivity index (χ3n) is 3.70. The van der Waals surface area contributed by atoms with E-state index in [1.54, 1.807) is 4.31 Å². The van der Waals surface area contributed by atoms with Gasteiger partial charge in [-0.1, -0.05) is 27.2 Å². The Bertz CT molecular complexity index is 343. The van der Waals surface area contributed by atoms with Crippen LogP contribution in [0, 0.1) is 5.92 Å². The van der Waals surface area contributed by atoms with E-state index in [-0.39, 0.29) is 12.1 Å². The lowest BCUT2D eigenvalue weighted by atomic mass is 10.0. The van der Waals surface area contributed by atoms with Crippen LogP contribution in [0.15, 0.2) is 0 Å². The number of nitrogens with one attached hydrogen (secondary N) is 1. The van der Waals surface area contributed by atoms with Crippen molar-refractivity contribution in [2.75, 3.05) is 13.1 Å². The maximum Gasteiger partial charge on any atom is 0.280 e. The second kappa shape index (κ2) is 6.84. The van der Waals surface area contributed by atoms with Crippen LogP contribution in [0.5, 0.6) is 0 Å². The highest BCUT2D eigenvalue weighted by atomic mass is 32.2. The van der Waals surface area contributed by atoms with E-state index in [9.17, 15) is 8.42 Å². The molecule has 1 aliphatic heterocycles. The van der Waals surface area contributed by atoms with Crippen molar-refractivity contribution in [1.29, 1.82) is 0 Å². The van der Waals surface area contributed by atoms with Crippen LogP contribution < -0.4 is 10.5 Å². The summed E-state index contributed by atoms with van der Waals surface area (Å²) in [5.41, 5.74) is 5.68. The zero-order chi connectivity index (χ0) is 13.8. The molecule has 0 spiro atoms. The Morgan fingerprint density at radius 3 is 2.56 bits per heavy atom. The quantitative estimate of drug-likeness (QED) is 0.762. The summed E-state index contributed by atoms with van der Waals surface area (Å²) in [5, 5.41) is 0. The highest BCUT2D eigenvalue weighted by Gasteiger charge is 2.33. The Morgan fingerprint density at radius 2 is 2.06 bits per heavy atom. The first-order valence-corrected chi connectivity index (χ1v) is 8.35. The van der Waals surface area contributed by atoms with Crippen LogP contribution in [0.25, 0.3) is 0 Å². The zero-order valence-corrected chi connectivity index (χ0v) is 12.5. The van der Waals surface area contributed by atoms with Crippen LogP contribution in [-0.2, 0) is 10.2 Å². The summed E-state index contributed by atoms with van der Waals surface area (Å²) in [7, 11) is -3.40. The molecule has 0 aromatic rings. The molecule has 1 fully saturated rings. The smallest absolute Gasteiger partial charge is 0.280 e. The Morgan fingerprint density at radius 1 is 1.39 bits per heavy atom. The number of hydrogen-bond donors (Lipinski definition) is 2. The van der Waals surface area contributed by atoms with E-state index in [4.69, 9.17) is 5.73 Å². The average Bonchev–Trinajstić information content (AvgIpc) is 2.35. The van der Waals surface area contributed by atoms with E-state index < -0.39 is 10.2 Å². The highest BCUT2D eigenvalue weighted by Crippen LogP contribution is 2.20. The zero-order valence-electron chi connectivity index (χ0n) is 11.7. The van der Waals surface area contributed by atoms with Gasteiger partial charge in [0.2, 0.25) is 0 Å². The van der Waals surface area contributed by atoms with Gasteiger partial charge in [0.05, 0.1) is 0 Å². The van der Waals surface area contributed by atoms with Crippen LogP contribution in [0.4, 0.5) is 0 Å². The molecule has 0 aromatic heterocycles. The third kappa shape index (κ3) is 3.91. The number of piperidine rings is 1. The van der Waals surface area contributed by atoms with Crippen LogP contribution in [0.2, 0.25) is 0 Å². The monoisotopic (exact) mass is 277 g/mol. The van der Waals surface area contributed by atoms with Gasteiger partial charge in [0.25, 0.3) is 10.2 Å². The predicted octanol–water partition coefficient (Wildman–Crippen LogP) is 1.07. The molecule has 6 heteroatoms. The van der Waals surface area contributed by atoms with Crippen molar-refractivity contribution in [2.45, 2.75) is 58.5 Å². The molecule has 18 heavy (non-hydrogen) atoms. The third-order valence-corrected chi connectivity index (χ3v) is 5.40. The SMILES string of the molecule is CCC(NS(=O)(=O)N1CCCCC1CN)C(C)C. The molecule has 0 radical (unpaired) electrons. The molecule has 1 aliphatic rings. The van der Waals surface area contributed by atoms with E-state index in [0.29, 0.717) is 19.0 Å². The summed E-state index contributed by atoms with van der Waals surface area (Å²) in [5.74, 6) is 0.297. The fraction of sp³-hybridized carbons (Fsp3) is 1.00. The van der Waals surface area contributed by atoms with Crippen molar-refractivity contribution in [2.24, 2.45) is 11.7 Å². The molecule has 2 atom stereocenters. The number of rotatable bonds is 6. The lowest BCUT2D eigenvalue weighted by molar-refractivity contribution is 0.250. The van der Waals surface area contributed by atoms with Crippen molar-refractivity contribution in [3.8, 4) is 0 Å². The molecule has 5 nitrogen and oxygen atoms in total. The van der Waals surface area contributed by atoms with Gasteiger partial charge in [-0.2, -0.15) is 17.4 Å². The second-order valence-electron chi connectivity index (χ2n) is 5.38. The summed E-state index contributed by atoms with van der Waals surface area (Å²) in [6, 6.07) is -0.0451. The molecule has 2 unspecified atom stereocenters. The number of nitrogens with two attached hydrogens (primary N) is 1. The van der Waals surface area contributed by atoms with Crippen molar-refractivity contribution >= 4 is 10.2 Å². The van der Waals surface area contributed by atoms with Crippen LogP contribution in [0.1, 0.15) is 46.5 Å². The Labute approximate surface area is 111 Å². The first-order chi connectivity index (χ1) is 8.42. The molecule has 0 aliphatic carbocycles. The van der Waals surface area contributed by atoms with Gasteiger partial charge in [-0.05, 0) is 25.2 Å². The lowest BCUT2D eigenvalue weighted by Gasteiger charge is -2.35. The van der Waals surface area contributed by atoms with E-state index in [1.165, 1.54) is 0 Å². The minimum atomic E-state index is -3.40. The molecule has 3 N–H and O–H groups in total. The Kier molecular flexibility index (Phi) is 6.04. The molecule has 1 heterocycles. The highest BCUT2D eigenvalue weighted by molar-refractivity contribution is 7.87. The molecule has 1 rings (SSSR count). The lowest BCUT2D eigenvalue weighted by Crippen LogP contribution is -2.54. The Balaban J connectivity index is 2.77. The van der Waals surface area contributed by atoms with E-state index >= 15 is 0 Å². The molecular weight excluding hydrogens is 250 g/mol. The summed E-state index contributed by atoms with van der Waals surface area (Å²) >= 11 is 0. The van der Waals surface area contributed by atoms with Gasteiger partial charge in [0.1, 0.15) is 0 Å². The fourth-order valence-corrected chi connectivity index (χ4v) is 4.39. The van der Waals surface area contributed by atoms with Gasteiger partial charge in [-0.3, -0.25) is 0 Å². The topological polar surface area (TPSA) is 75.4 Å². The summed E-state index contributed by atoms with van der Waals surface area (Å²) in [6.07, 6.45) is 3.67. The maximum absolute atomic E-state index is 12.4. The molecule has 0 aromatic carbocycles. The van der Waals surface area contributed by atoms with Crippen molar-refractivity contribution < 1.29 is 8.42 Å². The van der Waals surface area contributed by atoms with Gasteiger partial charge >= 0.3 is 0 Å². The molecule has 0 amide bonds. The first-order valence-electron chi connectivity index (χ1n) is 6.91. The molecule has 0 saturated carbocycles. The van der Waals surface area contributed by atoms with Gasteiger partial charge in [0, 0.05) is 25.2 Å². The number of hydrogen-bond acceptors (Lipinski definition) is 3. The standard InChI is InChI=1S/C12H27N3O2S/c1-4-12(10(2)3)14-18(16,17)15-8-6-5-7-11(15)9-13/h10-12,14H,4-9,13H2,1-3H3.